The van der Waals surface area contributed by atoms with Gasteiger partial charge in [-0.1, -0.05) is 42.5 Å². The molecule has 5 heteroatoms. The van der Waals surface area contributed by atoms with Gasteiger partial charge in [0.15, 0.2) is 0 Å². The van der Waals surface area contributed by atoms with Gasteiger partial charge in [-0.2, -0.15) is 0 Å². The van der Waals surface area contributed by atoms with Gasteiger partial charge in [0.2, 0.25) is 5.91 Å². The Labute approximate surface area is 117 Å². The summed E-state index contributed by atoms with van der Waals surface area (Å²) in [4.78, 5) is 10.9. The second-order valence-electron chi connectivity index (χ2n) is 4.51. The van der Waals surface area contributed by atoms with E-state index in [-0.39, 0.29) is 23.8 Å². The maximum atomic E-state index is 10.9. The van der Waals surface area contributed by atoms with Crippen molar-refractivity contribution < 1.29 is 15.0 Å². The molecule has 0 radical (unpaired) electrons. The van der Waals surface area contributed by atoms with Gasteiger partial charge in [0.25, 0.3) is 0 Å². The quantitative estimate of drug-likeness (QED) is 0.632. The minimum Gasteiger partial charge on any atom is -0.392 e. The molecular formula is C12H22INO3. The summed E-state index contributed by atoms with van der Waals surface area (Å²) in [5.41, 5.74) is 0. The number of hydrogen-bond acceptors (Lipinski definition) is 3. The Morgan fingerprint density at radius 2 is 1.76 bits per heavy atom. The number of hydrogen-bond donors (Lipinski definition) is 3. The van der Waals surface area contributed by atoms with Crippen molar-refractivity contribution in [3.63, 3.8) is 0 Å². The van der Waals surface area contributed by atoms with Crippen LogP contribution in [0.2, 0.25) is 0 Å². The zero-order chi connectivity index (χ0) is 13.6. The van der Waals surface area contributed by atoms with E-state index in [1.165, 1.54) is 6.92 Å². The Balaban J connectivity index is 4.46. The van der Waals surface area contributed by atoms with Crippen LogP contribution in [0.4, 0.5) is 0 Å². The van der Waals surface area contributed by atoms with Gasteiger partial charge in [0.1, 0.15) is 0 Å². The van der Waals surface area contributed by atoms with E-state index in [1.807, 2.05) is 17.1 Å². The van der Waals surface area contributed by atoms with E-state index in [0.29, 0.717) is 0 Å². The zero-order valence-electron chi connectivity index (χ0n) is 10.7. The summed E-state index contributed by atoms with van der Waals surface area (Å²) in [5.74, 6) is -0.515. The van der Waals surface area contributed by atoms with Crippen LogP contribution in [-0.2, 0) is 4.79 Å². The summed E-state index contributed by atoms with van der Waals surface area (Å²) in [5, 5.41) is 22.7. The molecule has 0 aromatic heterocycles. The Morgan fingerprint density at radius 1 is 1.24 bits per heavy atom. The lowest BCUT2D eigenvalue weighted by Gasteiger charge is -2.30. The van der Waals surface area contributed by atoms with Crippen molar-refractivity contribution in [2.75, 3.05) is 0 Å². The highest BCUT2D eigenvalue weighted by atomic mass is 127. The Kier molecular flexibility index (Phi) is 7.98. The van der Waals surface area contributed by atoms with Crippen molar-refractivity contribution in [3.8, 4) is 0 Å². The van der Waals surface area contributed by atoms with Gasteiger partial charge in [-0.15, -0.1) is 0 Å². The van der Waals surface area contributed by atoms with Crippen LogP contribution in [0.5, 0.6) is 0 Å². The summed E-state index contributed by atoms with van der Waals surface area (Å²) in [6.07, 6.45) is 0.489. The second kappa shape index (κ2) is 8.05. The minimum atomic E-state index is -0.765. The van der Waals surface area contributed by atoms with Gasteiger partial charge in [-0.3, -0.25) is 4.79 Å². The molecular weight excluding hydrogens is 333 g/mol. The largest absolute Gasteiger partial charge is 0.392 e. The van der Waals surface area contributed by atoms with Crippen molar-refractivity contribution in [3.05, 3.63) is 10.2 Å². The Morgan fingerprint density at radius 3 is 2.18 bits per heavy atom. The number of aliphatic hydroxyl groups excluding tert-OH is 2. The SMILES string of the molecule is CC(=O)N[C@H](C)[C@@H](O)[C@@H](C)[C@H](O)[C@H](C)/C=C/I. The Bertz CT molecular complexity index is 270. The number of carbonyl (C=O) groups excluding carboxylic acids is 1. The lowest BCUT2D eigenvalue weighted by molar-refractivity contribution is -0.121. The van der Waals surface area contributed by atoms with Gasteiger partial charge in [0, 0.05) is 18.8 Å². The molecule has 1 amide bonds. The highest BCUT2D eigenvalue weighted by molar-refractivity contribution is 14.1. The van der Waals surface area contributed by atoms with Crippen LogP contribution in [0, 0.1) is 11.8 Å². The molecule has 0 spiro atoms. The third-order valence-corrected chi connectivity index (χ3v) is 3.35. The van der Waals surface area contributed by atoms with Crippen LogP contribution in [0.1, 0.15) is 27.7 Å². The summed E-state index contributed by atoms with van der Waals surface area (Å²) in [6, 6.07) is -0.368. The molecule has 17 heavy (non-hydrogen) atoms. The van der Waals surface area contributed by atoms with Crippen molar-refractivity contribution in [1.82, 2.24) is 5.32 Å². The standard InChI is InChI=1S/C12H22INO3/c1-7(5-6-13)11(16)8(2)12(17)9(3)14-10(4)15/h5-9,11-12,16-17H,1-4H3,(H,14,15)/b6-5+/t7-,8+,9-,11-,12+/m1/s1. The summed E-state index contributed by atoms with van der Waals surface area (Å²) >= 11 is 2.09. The molecule has 0 bridgehead atoms. The van der Waals surface area contributed by atoms with Crippen LogP contribution in [0.25, 0.3) is 0 Å². The van der Waals surface area contributed by atoms with Gasteiger partial charge < -0.3 is 15.5 Å². The van der Waals surface area contributed by atoms with E-state index in [9.17, 15) is 15.0 Å². The maximum absolute atomic E-state index is 10.9. The van der Waals surface area contributed by atoms with Crippen molar-refractivity contribution in [1.29, 1.82) is 0 Å². The molecule has 0 saturated heterocycles. The normalized spacial score (nSPS) is 20.6. The number of amides is 1. The lowest BCUT2D eigenvalue weighted by atomic mass is 9.87. The number of rotatable bonds is 6. The molecule has 0 aliphatic rings. The van der Waals surface area contributed by atoms with Crippen molar-refractivity contribution >= 4 is 28.5 Å². The fraction of sp³-hybridized carbons (Fsp3) is 0.750. The van der Waals surface area contributed by atoms with Crippen molar-refractivity contribution in [2.45, 2.75) is 45.9 Å². The van der Waals surface area contributed by atoms with Crippen molar-refractivity contribution in [2.24, 2.45) is 11.8 Å². The molecule has 0 aromatic carbocycles. The molecule has 0 rings (SSSR count). The average Bonchev–Trinajstić information content (AvgIpc) is 2.25. The van der Waals surface area contributed by atoms with Crippen LogP contribution in [0.15, 0.2) is 10.2 Å². The summed E-state index contributed by atoms with van der Waals surface area (Å²) in [6.45, 7) is 6.82. The second-order valence-corrected chi connectivity index (χ2v) is 5.23. The monoisotopic (exact) mass is 355 g/mol. The summed E-state index contributed by atoms with van der Waals surface area (Å²) < 4.78 is 1.85. The summed E-state index contributed by atoms with van der Waals surface area (Å²) in [7, 11) is 0. The van der Waals surface area contributed by atoms with Crippen LogP contribution in [0.3, 0.4) is 0 Å². The first-order chi connectivity index (χ1) is 7.81. The van der Waals surface area contributed by atoms with Gasteiger partial charge in [0.05, 0.1) is 18.2 Å². The molecule has 0 aliphatic heterocycles. The molecule has 0 unspecified atom stereocenters. The first-order valence-electron chi connectivity index (χ1n) is 5.71. The molecule has 5 atom stereocenters. The van der Waals surface area contributed by atoms with E-state index in [1.54, 1.807) is 13.8 Å². The number of halogens is 1. The maximum Gasteiger partial charge on any atom is 0.217 e. The van der Waals surface area contributed by atoms with Gasteiger partial charge in [-0.25, -0.2) is 0 Å². The topological polar surface area (TPSA) is 69.6 Å². The molecule has 0 heterocycles. The predicted molar refractivity (Wildman–Crippen MR) is 76.8 cm³/mol. The third-order valence-electron chi connectivity index (χ3n) is 2.94. The fourth-order valence-electron chi connectivity index (χ4n) is 1.77. The minimum absolute atomic E-state index is 0.0268. The lowest BCUT2D eigenvalue weighted by Crippen LogP contribution is -2.47. The van der Waals surface area contributed by atoms with E-state index < -0.39 is 12.2 Å². The molecule has 0 aromatic rings. The molecule has 0 aliphatic carbocycles. The highest BCUT2D eigenvalue weighted by Gasteiger charge is 2.29. The number of nitrogens with one attached hydrogen (secondary N) is 1. The van der Waals surface area contributed by atoms with E-state index >= 15 is 0 Å². The highest BCUT2D eigenvalue weighted by Crippen LogP contribution is 2.20. The van der Waals surface area contributed by atoms with E-state index in [4.69, 9.17) is 0 Å². The third kappa shape index (κ3) is 5.83. The molecule has 4 nitrogen and oxygen atoms in total. The molecule has 100 valence electrons. The van der Waals surface area contributed by atoms with Gasteiger partial charge in [-0.05, 0) is 11.0 Å². The smallest absolute Gasteiger partial charge is 0.217 e. The zero-order valence-corrected chi connectivity index (χ0v) is 12.9. The van der Waals surface area contributed by atoms with Crippen LogP contribution in [-0.4, -0.2) is 34.4 Å². The number of aliphatic hydroxyl groups is 2. The van der Waals surface area contributed by atoms with Crippen LogP contribution < -0.4 is 5.32 Å². The molecule has 3 N–H and O–H groups in total. The van der Waals surface area contributed by atoms with Crippen LogP contribution >= 0.6 is 22.6 Å². The van der Waals surface area contributed by atoms with Gasteiger partial charge >= 0.3 is 0 Å². The molecule has 0 saturated carbocycles. The predicted octanol–water partition coefficient (Wildman–Crippen LogP) is 1.45. The number of carbonyl (C=O) groups is 1. The molecule has 0 fully saturated rings. The van der Waals surface area contributed by atoms with E-state index in [2.05, 4.69) is 27.9 Å². The Hall–Kier alpha value is -0.140. The first-order valence-corrected chi connectivity index (χ1v) is 6.96. The average molecular weight is 355 g/mol. The fourth-order valence-corrected chi connectivity index (χ4v) is 2.43. The van der Waals surface area contributed by atoms with E-state index in [0.717, 1.165) is 0 Å². The first kappa shape index (κ1) is 16.9.